The Morgan fingerprint density at radius 3 is 1.76 bits per heavy atom. The van der Waals surface area contributed by atoms with Crippen LogP contribution in [0.4, 0.5) is 0 Å². The summed E-state index contributed by atoms with van der Waals surface area (Å²) in [6.07, 6.45) is 6.44. The largest absolute Gasteiger partial charge is 0.408 e. The van der Waals surface area contributed by atoms with Crippen molar-refractivity contribution >= 4 is 8.32 Å². The first-order valence-corrected chi connectivity index (χ1v) is 10.1. The zero-order valence-electron chi connectivity index (χ0n) is 15.3. The topological polar surface area (TPSA) is 29.5 Å². The summed E-state index contributed by atoms with van der Waals surface area (Å²) in [6, 6.07) is 0. The zero-order valence-corrected chi connectivity index (χ0v) is 16.3. The van der Waals surface area contributed by atoms with E-state index in [0.29, 0.717) is 16.6 Å². The molecule has 3 heteroatoms. The summed E-state index contributed by atoms with van der Waals surface area (Å²) in [7, 11) is -1.95. The molecule has 0 aromatic carbocycles. The molecule has 0 radical (unpaired) electrons. The average Bonchev–Trinajstić information content (AvgIpc) is 2.32. The van der Waals surface area contributed by atoms with Gasteiger partial charge in [0.2, 0.25) is 8.32 Å². The van der Waals surface area contributed by atoms with Crippen molar-refractivity contribution in [3.8, 4) is 12.3 Å². The molecule has 0 spiro atoms. The molecule has 0 amide bonds. The minimum absolute atomic E-state index is 0.424. The fourth-order valence-electron chi connectivity index (χ4n) is 3.60. The van der Waals surface area contributed by atoms with Gasteiger partial charge in [-0.05, 0) is 43.0 Å². The van der Waals surface area contributed by atoms with E-state index in [1.807, 2.05) is 13.0 Å². The summed E-state index contributed by atoms with van der Waals surface area (Å²) >= 11 is 0. The highest BCUT2D eigenvalue weighted by Gasteiger charge is 2.47. The molecule has 0 heterocycles. The Morgan fingerprint density at radius 1 is 1.10 bits per heavy atom. The Hall–Kier alpha value is -0.563. The molecule has 0 aliphatic heterocycles. The lowest BCUT2D eigenvalue weighted by atomic mass is 10.0. The highest BCUT2D eigenvalue weighted by Crippen LogP contribution is 2.44. The van der Waals surface area contributed by atoms with Crippen molar-refractivity contribution in [2.75, 3.05) is 0 Å². The Kier molecular flexibility index (Phi) is 7.42. The van der Waals surface area contributed by atoms with Gasteiger partial charge in [0.25, 0.3) is 0 Å². The normalized spacial score (nSPS) is 15.7. The van der Waals surface area contributed by atoms with E-state index < -0.39 is 20.0 Å². The van der Waals surface area contributed by atoms with Gasteiger partial charge in [-0.15, -0.1) is 6.42 Å². The molecule has 1 atom stereocenters. The second-order valence-corrected chi connectivity index (χ2v) is 12.9. The third-order valence-corrected chi connectivity index (χ3v) is 10.6. The van der Waals surface area contributed by atoms with Crippen LogP contribution < -0.4 is 0 Å². The van der Waals surface area contributed by atoms with Gasteiger partial charge in [0, 0.05) is 0 Å². The van der Waals surface area contributed by atoms with Gasteiger partial charge < -0.3 is 9.53 Å². The third kappa shape index (κ3) is 4.98. The fraction of sp³-hybridized carbons (Fsp3) is 0.778. The fourth-order valence-corrected chi connectivity index (χ4v) is 9.27. The molecule has 0 saturated carbocycles. The van der Waals surface area contributed by atoms with Crippen LogP contribution in [0.1, 0.15) is 62.3 Å². The van der Waals surface area contributed by atoms with Crippen molar-refractivity contribution in [1.29, 1.82) is 0 Å². The molecule has 0 fully saturated rings. The first kappa shape index (κ1) is 20.4. The van der Waals surface area contributed by atoms with Gasteiger partial charge in [-0.1, -0.05) is 53.5 Å². The molecule has 21 heavy (non-hydrogen) atoms. The van der Waals surface area contributed by atoms with E-state index in [4.69, 9.17) is 10.8 Å². The van der Waals surface area contributed by atoms with Crippen LogP contribution >= 0.6 is 0 Å². The second kappa shape index (κ2) is 7.62. The molecule has 2 nitrogen and oxygen atoms in total. The van der Waals surface area contributed by atoms with Crippen LogP contribution in [-0.2, 0) is 4.43 Å². The number of aliphatic hydroxyl groups excluding tert-OH is 1. The van der Waals surface area contributed by atoms with Gasteiger partial charge in [0.1, 0.15) is 6.10 Å². The van der Waals surface area contributed by atoms with E-state index in [-0.39, 0.29) is 0 Å². The lowest BCUT2D eigenvalue weighted by Gasteiger charge is -2.47. The predicted octanol–water partition coefficient (Wildman–Crippen LogP) is 4.90. The average molecular weight is 311 g/mol. The van der Waals surface area contributed by atoms with Crippen LogP contribution in [0.3, 0.4) is 0 Å². The maximum atomic E-state index is 9.77. The van der Waals surface area contributed by atoms with E-state index in [1.54, 1.807) is 0 Å². The van der Waals surface area contributed by atoms with Gasteiger partial charge in [-0.25, -0.2) is 0 Å². The molecule has 1 N–H and O–H groups in total. The van der Waals surface area contributed by atoms with Crippen LogP contribution in [0.2, 0.25) is 16.6 Å². The minimum Gasteiger partial charge on any atom is -0.408 e. The van der Waals surface area contributed by atoms with E-state index in [1.165, 1.54) is 0 Å². The summed E-state index contributed by atoms with van der Waals surface area (Å²) in [4.78, 5) is 0. The van der Waals surface area contributed by atoms with Crippen LogP contribution in [0.5, 0.6) is 0 Å². The van der Waals surface area contributed by atoms with Crippen molar-refractivity contribution in [2.45, 2.75) is 90.6 Å². The molecule has 0 aromatic rings. The van der Waals surface area contributed by atoms with Crippen molar-refractivity contribution < 1.29 is 9.53 Å². The van der Waals surface area contributed by atoms with Crippen molar-refractivity contribution in [3.63, 3.8) is 0 Å². The quantitative estimate of drug-likeness (QED) is 0.412. The van der Waals surface area contributed by atoms with Crippen molar-refractivity contribution in [2.24, 2.45) is 0 Å². The van der Waals surface area contributed by atoms with E-state index in [9.17, 15) is 5.11 Å². The zero-order chi connectivity index (χ0) is 17.0. The number of rotatable bonds is 7. The van der Waals surface area contributed by atoms with Crippen LogP contribution in [0.15, 0.2) is 11.6 Å². The lowest BCUT2D eigenvalue weighted by Crippen LogP contribution is -2.52. The highest BCUT2D eigenvalue weighted by molar-refractivity contribution is 6.77. The van der Waals surface area contributed by atoms with E-state index in [2.05, 4.69) is 61.3 Å². The SMILES string of the molecule is C#C[C@H](O)/C(C)=C/C(C)(C)O[Si](C(C)C)(C(C)C)C(C)C. The molecule has 0 aliphatic carbocycles. The first-order valence-electron chi connectivity index (χ1n) is 7.94. The summed E-state index contributed by atoms with van der Waals surface area (Å²) in [5.41, 5.74) is 1.95. The van der Waals surface area contributed by atoms with Gasteiger partial charge in [-0.2, -0.15) is 0 Å². The smallest absolute Gasteiger partial charge is 0.201 e. The van der Waals surface area contributed by atoms with Gasteiger partial charge >= 0.3 is 0 Å². The number of hydrogen-bond donors (Lipinski definition) is 1. The first-order chi connectivity index (χ1) is 9.40. The van der Waals surface area contributed by atoms with Gasteiger partial charge in [-0.3, -0.25) is 0 Å². The summed E-state index contributed by atoms with van der Waals surface area (Å²) in [5.74, 6) is 2.36. The van der Waals surface area contributed by atoms with E-state index in [0.717, 1.165) is 5.57 Å². The molecule has 0 aliphatic rings. The number of terminal acetylenes is 1. The maximum Gasteiger partial charge on any atom is 0.201 e. The van der Waals surface area contributed by atoms with Crippen LogP contribution in [0, 0.1) is 12.3 Å². The molecule has 122 valence electrons. The number of hydrogen-bond acceptors (Lipinski definition) is 2. The predicted molar refractivity (Wildman–Crippen MR) is 94.8 cm³/mol. The Balaban J connectivity index is 5.59. The maximum absolute atomic E-state index is 9.77. The minimum atomic E-state index is -1.95. The molecule has 0 aromatic heterocycles. The molecule has 0 unspecified atom stereocenters. The van der Waals surface area contributed by atoms with Crippen LogP contribution in [0.25, 0.3) is 0 Å². The third-order valence-electron chi connectivity index (χ3n) is 4.31. The highest BCUT2D eigenvalue weighted by atomic mass is 28.4. The summed E-state index contributed by atoms with van der Waals surface area (Å²) in [5, 5.41) is 9.77. The van der Waals surface area contributed by atoms with Crippen molar-refractivity contribution in [1.82, 2.24) is 0 Å². The Morgan fingerprint density at radius 2 is 1.48 bits per heavy atom. The van der Waals surface area contributed by atoms with Gasteiger partial charge in [0.15, 0.2) is 0 Å². The molecule has 0 bridgehead atoms. The monoisotopic (exact) mass is 310 g/mol. The molecular weight excluding hydrogens is 276 g/mol. The summed E-state index contributed by atoms with van der Waals surface area (Å²) in [6.45, 7) is 19.6. The van der Waals surface area contributed by atoms with E-state index >= 15 is 0 Å². The number of aliphatic hydroxyl groups is 1. The molecule has 0 rings (SSSR count). The molecular formula is C18H34O2Si. The van der Waals surface area contributed by atoms with Gasteiger partial charge in [0.05, 0.1) is 5.60 Å². The molecule has 0 saturated heterocycles. The van der Waals surface area contributed by atoms with Crippen molar-refractivity contribution in [3.05, 3.63) is 11.6 Å². The summed E-state index contributed by atoms with van der Waals surface area (Å²) < 4.78 is 6.76. The Bertz CT molecular complexity index is 378. The lowest BCUT2D eigenvalue weighted by molar-refractivity contribution is 0.132. The second-order valence-electron chi connectivity index (χ2n) is 7.48. The van der Waals surface area contributed by atoms with Crippen LogP contribution in [-0.4, -0.2) is 25.1 Å². The Labute approximate surface area is 133 Å². The standard InChI is InChI=1S/C18H34O2Si/c1-11-17(19)16(8)12-18(9,10)20-21(13(2)3,14(4)5)15(6)7/h1,12-15,17,19H,2-10H3/b16-12+/t17-/m0/s1.